The highest BCUT2D eigenvalue weighted by Crippen LogP contribution is 2.31. The largest absolute Gasteiger partial charge is 0.397 e. The lowest BCUT2D eigenvalue weighted by molar-refractivity contribution is 0.146. The third-order valence-electron chi connectivity index (χ3n) is 1.44. The monoisotopic (exact) mass is 320 g/mol. The van der Waals surface area contributed by atoms with Crippen LogP contribution in [0.1, 0.15) is 12.1 Å². The maximum Gasteiger partial charge on any atom is 0.282 e. The molecular weight excluding hydrogens is 317 g/mol. The van der Waals surface area contributed by atoms with Gasteiger partial charge in [-0.1, -0.05) is 0 Å². The lowest BCUT2D eigenvalue weighted by atomic mass is 10.3. The number of alkyl halides is 2. The molecule has 0 aliphatic carbocycles. The Morgan fingerprint density at radius 1 is 1.53 bits per heavy atom. The first kappa shape index (κ1) is 12.6. The number of hydrogen-bond donors (Lipinski definition) is 1. The van der Waals surface area contributed by atoms with Gasteiger partial charge in [0.1, 0.15) is 5.69 Å². The molecule has 0 aliphatic heterocycles. The minimum atomic E-state index is -4.18. The Morgan fingerprint density at radius 2 is 2.07 bits per heavy atom. The van der Waals surface area contributed by atoms with Crippen LogP contribution in [0.3, 0.4) is 0 Å². The summed E-state index contributed by atoms with van der Waals surface area (Å²) in [6.07, 6.45) is -2.96. The van der Waals surface area contributed by atoms with Gasteiger partial charge >= 0.3 is 0 Å². The zero-order chi connectivity index (χ0) is 11.8. The molecule has 0 saturated heterocycles. The molecule has 0 radical (unpaired) electrons. The molecule has 1 rings (SSSR count). The molecule has 1 heterocycles. The van der Waals surface area contributed by atoms with Crippen molar-refractivity contribution < 1.29 is 17.2 Å². The van der Waals surface area contributed by atoms with Crippen LogP contribution in [-0.2, 0) is 9.05 Å². The Bertz CT molecular complexity index is 494. The normalized spacial score (nSPS) is 12.1. The second-order valence-electron chi connectivity index (χ2n) is 2.49. The van der Waals surface area contributed by atoms with Crippen LogP contribution in [-0.4, -0.2) is 13.4 Å². The zero-order valence-corrected chi connectivity index (χ0v) is 10.1. The Hall–Kier alpha value is -0.470. The van der Waals surface area contributed by atoms with E-state index in [1.807, 2.05) is 0 Å². The number of hydrogen-bond acceptors (Lipinski definition) is 4. The summed E-state index contributed by atoms with van der Waals surface area (Å²) < 4.78 is 46.5. The molecule has 0 atom stereocenters. The SMILES string of the molecule is Nc1cc(Br)c(S(=O)(=O)Cl)nc1C(F)F. The summed E-state index contributed by atoms with van der Waals surface area (Å²) in [4.78, 5) is 3.20. The number of pyridine rings is 1. The summed E-state index contributed by atoms with van der Waals surface area (Å²) in [5.74, 6) is 0. The van der Waals surface area contributed by atoms with E-state index in [1.54, 1.807) is 0 Å². The van der Waals surface area contributed by atoms with Crippen molar-refractivity contribution in [2.45, 2.75) is 11.5 Å². The van der Waals surface area contributed by atoms with Gasteiger partial charge in [-0.2, -0.15) is 0 Å². The van der Waals surface area contributed by atoms with Gasteiger partial charge in [0.05, 0.1) is 10.2 Å². The average molecular weight is 322 g/mol. The van der Waals surface area contributed by atoms with Gasteiger partial charge < -0.3 is 5.73 Å². The fraction of sp³-hybridized carbons (Fsp3) is 0.167. The van der Waals surface area contributed by atoms with E-state index in [2.05, 4.69) is 20.9 Å². The molecule has 0 fully saturated rings. The maximum atomic E-state index is 12.3. The molecule has 0 amide bonds. The second-order valence-corrected chi connectivity index (χ2v) is 5.82. The molecule has 0 saturated carbocycles. The van der Waals surface area contributed by atoms with Crippen LogP contribution < -0.4 is 5.73 Å². The average Bonchev–Trinajstić information content (AvgIpc) is 2.00. The Morgan fingerprint density at radius 3 is 2.47 bits per heavy atom. The van der Waals surface area contributed by atoms with Crippen LogP contribution >= 0.6 is 26.6 Å². The summed E-state index contributed by atoms with van der Waals surface area (Å²) in [6, 6.07) is 1.02. The fourth-order valence-corrected chi connectivity index (χ4v) is 2.95. The Balaban J connectivity index is 3.50. The predicted octanol–water partition coefficient (Wildman–Crippen LogP) is 2.29. The van der Waals surface area contributed by atoms with Crippen molar-refractivity contribution in [3.05, 3.63) is 16.2 Å². The van der Waals surface area contributed by atoms with E-state index in [0.717, 1.165) is 6.07 Å². The number of halogens is 4. The second kappa shape index (κ2) is 4.18. The summed E-state index contributed by atoms with van der Waals surface area (Å²) >= 11 is 2.82. The molecule has 4 nitrogen and oxygen atoms in total. The van der Waals surface area contributed by atoms with Crippen LogP contribution in [0.15, 0.2) is 15.6 Å². The molecule has 9 heteroatoms. The van der Waals surface area contributed by atoms with E-state index in [9.17, 15) is 17.2 Å². The van der Waals surface area contributed by atoms with Crippen molar-refractivity contribution in [2.24, 2.45) is 0 Å². The third-order valence-corrected chi connectivity index (χ3v) is 3.52. The summed E-state index contributed by atoms with van der Waals surface area (Å²) in [6.45, 7) is 0. The highest BCUT2D eigenvalue weighted by Gasteiger charge is 2.22. The smallest absolute Gasteiger partial charge is 0.282 e. The van der Waals surface area contributed by atoms with Crippen LogP contribution in [0.5, 0.6) is 0 Å². The van der Waals surface area contributed by atoms with E-state index < -0.39 is 26.2 Å². The van der Waals surface area contributed by atoms with Gasteiger partial charge in [-0.25, -0.2) is 22.2 Å². The van der Waals surface area contributed by atoms with Gasteiger partial charge in [0, 0.05) is 10.7 Å². The van der Waals surface area contributed by atoms with Gasteiger partial charge in [-0.3, -0.25) is 0 Å². The summed E-state index contributed by atoms with van der Waals surface area (Å²) in [5, 5.41) is -0.673. The first-order valence-corrected chi connectivity index (χ1v) is 6.52. The molecule has 0 unspecified atom stereocenters. The molecular formula is C6H4BrClF2N2O2S. The van der Waals surface area contributed by atoms with Gasteiger partial charge in [0.25, 0.3) is 15.5 Å². The van der Waals surface area contributed by atoms with Crippen LogP contribution in [0.2, 0.25) is 0 Å². The summed E-state index contributed by atoms with van der Waals surface area (Å²) in [5.41, 5.74) is 4.11. The highest BCUT2D eigenvalue weighted by atomic mass is 79.9. The molecule has 1 aromatic rings. The van der Waals surface area contributed by atoms with Gasteiger partial charge in [0.2, 0.25) is 0 Å². The van der Waals surface area contributed by atoms with Crippen molar-refractivity contribution in [1.29, 1.82) is 0 Å². The van der Waals surface area contributed by atoms with Crippen LogP contribution in [0.25, 0.3) is 0 Å². The molecule has 0 bridgehead atoms. The number of aromatic nitrogens is 1. The highest BCUT2D eigenvalue weighted by molar-refractivity contribution is 9.10. The third kappa shape index (κ3) is 2.76. The number of rotatable bonds is 2. The van der Waals surface area contributed by atoms with Crippen molar-refractivity contribution in [2.75, 3.05) is 5.73 Å². The number of nitrogens with zero attached hydrogens (tertiary/aromatic N) is 1. The van der Waals surface area contributed by atoms with E-state index in [0.29, 0.717) is 0 Å². The van der Waals surface area contributed by atoms with Gasteiger partial charge in [-0.05, 0) is 22.0 Å². The predicted molar refractivity (Wildman–Crippen MR) is 54.3 cm³/mol. The van der Waals surface area contributed by atoms with Crippen LogP contribution in [0, 0.1) is 0 Å². The first-order valence-electron chi connectivity index (χ1n) is 3.42. The van der Waals surface area contributed by atoms with E-state index >= 15 is 0 Å². The number of nitrogen functional groups attached to an aromatic ring is 1. The molecule has 15 heavy (non-hydrogen) atoms. The van der Waals surface area contributed by atoms with Crippen molar-refractivity contribution in [1.82, 2.24) is 4.98 Å². The van der Waals surface area contributed by atoms with Crippen molar-refractivity contribution in [3.63, 3.8) is 0 Å². The van der Waals surface area contributed by atoms with Crippen LogP contribution in [0.4, 0.5) is 14.5 Å². The molecule has 2 N–H and O–H groups in total. The minimum absolute atomic E-state index is 0.0561. The van der Waals surface area contributed by atoms with E-state index in [1.165, 1.54) is 0 Å². The molecule has 1 aromatic heterocycles. The Kier molecular flexibility index (Phi) is 3.51. The molecule has 0 spiro atoms. The van der Waals surface area contributed by atoms with E-state index in [4.69, 9.17) is 16.4 Å². The van der Waals surface area contributed by atoms with Crippen molar-refractivity contribution >= 4 is 41.4 Å². The number of anilines is 1. The summed E-state index contributed by atoms with van der Waals surface area (Å²) in [7, 11) is 0.806. The van der Waals surface area contributed by atoms with E-state index in [-0.39, 0.29) is 10.2 Å². The number of nitrogens with two attached hydrogens (primary N) is 1. The lowest BCUT2D eigenvalue weighted by Crippen LogP contribution is -2.05. The molecule has 84 valence electrons. The van der Waals surface area contributed by atoms with Gasteiger partial charge in [0.15, 0.2) is 5.03 Å². The standard InChI is InChI=1S/C6H4BrClF2N2O2S/c7-2-1-3(11)4(5(9)10)12-6(2)15(8,13)14/h1,5H,11H2. The van der Waals surface area contributed by atoms with Gasteiger partial charge in [-0.15, -0.1) is 0 Å². The lowest BCUT2D eigenvalue weighted by Gasteiger charge is -2.06. The molecule has 0 aliphatic rings. The Labute approximate surface area is 97.0 Å². The quantitative estimate of drug-likeness (QED) is 0.848. The molecule has 0 aromatic carbocycles. The first-order chi connectivity index (χ1) is 6.73. The minimum Gasteiger partial charge on any atom is -0.397 e. The topological polar surface area (TPSA) is 73.1 Å². The fourth-order valence-electron chi connectivity index (χ4n) is 0.845. The zero-order valence-electron chi connectivity index (χ0n) is 6.92. The maximum absolute atomic E-state index is 12.3. The van der Waals surface area contributed by atoms with Crippen molar-refractivity contribution in [3.8, 4) is 0 Å².